The van der Waals surface area contributed by atoms with Crippen molar-refractivity contribution in [2.24, 2.45) is 0 Å². The number of para-hydroxylation sites is 1. The van der Waals surface area contributed by atoms with Crippen LogP contribution in [0.5, 0.6) is 0 Å². The second kappa shape index (κ2) is 6.43. The van der Waals surface area contributed by atoms with Gasteiger partial charge in [-0.05, 0) is 30.8 Å². The van der Waals surface area contributed by atoms with Crippen molar-refractivity contribution in [2.45, 2.75) is 19.8 Å². The largest absolute Gasteiger partial charge is 0.362 e. The lowest BCUT2D eigenvalue weighted by Crippen LogP contribution is -2.37. The summed E-state index contributed by atoms with van der Waals surface area (Å²) in [5, 5.41) is 3.65. The lowest BCUT2D eigenvalue weighted by Gasteiger charge is -2.21. The number of thiocarbonyl (C=S) groups is 1. The van der Waals surface area contributed by atoms with Gasteiger partial charge in [-0.1, -0.05) is 25.5 Å². The van der Waals surface area contributed by atoms with Crippen LogP contribution in [0.2, 0.25) is 0 Å². The molecule has 0 aliphatic rings. The number of hydrogen-bond donors (Lipinski definition) is 1. The van der Waals surface area contributed by atoms with Crippen LogP contribution in [0.4, 0.5) is 10.1 Å². The minimum atomic E-state index is -0.260. The van der Waals surface area contributed by atoms with E-state index in [0.717, 1.165) is 19.4 Å². The Kier molecular flexibility index (Phi) is 5.19. The molecule has 1 aromatic rings. The van der Waals surface area contributed by atoms with Gasteiger partial charge < -0.3 is 10.2 Å². The molecule has 0 aliphatic heterocycles. The van der Waals surface area contributed by atoms with Gasteiger partial charge in [0.1, 0.15) is 5.82 Å². The van der Waals surface area contributed by atoms with Crippen LogP contribution in [0.15, 0.2) is 24.3 Å². The fourth-order valence-electron chi connectivity index (χ4n) is 1.32. The highest BCUT2D eigenvalue weighted by molar-refractivity contribution is 7.80. The van der Waals surface area contributed by atoms with E-state index in [1.165, 1.54) is 6.07 Å². The van der Waals surface area contributed by atoms with Crippen LogP contribution < -0.4 is 10.2 Å². The number of nitrogens with zero attached hydrogens (tertiary/aromatic N) is 1. The molecule has 1 rings (SSSR count). The summed E-state index contributed by atoms with van der Waals surface area (Å²) in [5.41, 5.74) is 0.497. The SMILES string of the molecule is CCCCNC(=S)N(C)c1ccccc1F. The molecule has 4 heteroatoms. The predicted octanol–water partition coefficient (Wildman–Crippen LogP) is 2.94. The molecule has 0 amide bonds. The summed E-state index contributed by atoms with van der Waals surface area (Å²) in [6, 6.07) is 6.60. The molecular formula is C12H17FN2S. The number of nitrogens with one attached hydrogen (secondary N) is 1. The Bertz CT molecular complexity index is 355. The molecule has 88 valence electrons. The highest BCUT2D eigenvalue weighted by atomic mass is 32.1. The molecule has 0 atom stereocenters. The minimum Gasteiger partial charge on any atom is -0.362 e. The van der Waals surface area contributed by atoms with Gasteiger partial charge in [-0.15, -0.1) is 0 Å². The highest BCUT2D eigenvalue weighted by Crippen LogP contribution is 2.16. The van der Waals surface area contributed by atoms with Gasteiger partial charge in [0.05, 0.1) is 5.69 Å². The number of anilines is 1. The van der Waals surface area contributed by atoms with Crippen molar-refractivity contribution in [3.63, 3.8) is 0 Å². The quantitative estimate of drug-likeness (QED) is 0.643. The number of hydrogen-bond acceptors (Lipinski definition) is 1. The van der Waals surface area contributed by atoms with Crippen LogP contribution in [0.3, 0.4) is 0 Å². The van der Waals surface area contributed by atoms with Crippen LogP contribution in [-0.2, 0) is 0 Å². The Balaban J connectivity index is 2.60. The standard InChI is InChI=1S/C12H17FN2S/c1-3-4-9-14-12(16)15(2)11-8-6-5-7-10(11)13/h5-8H,3-4,9H2,1-2H3,(H,14,16). The Morgan fingerprint density at radius 1 is 1.44 bits per heavy atom. The smallest absolute Gasteiger partial charge is 0.173 e. The van der Waals surface area contributed by atoms with Crippen molar-refractivity contribution < 1.29 is 4.39 Å². The first kappa shape index (κ1) is 12.9. The lowest BCUT2D eigenvalue weighted by atomic mass is 10.3. The van der Waals surface area contributed by atoms with Crippen molar-refractivity contribution in [2.75, 3.05) is 18.5 Å². The normalized spacial score (nSPS) is 9.94. The molecule has 1 aromatic carbocycles. The Hall–Kier alpha value is -1.16. The van der Waals surface area contributed by atoms with E-state index in [2.05, 4.69) is 12.2 Å². The van der Waals surface area contributed by atoms with Gasteiger partial charge in [0.15, 0.2) is 5.11 Å². The monoisotopic (exact) mass is 240 g/mol. The van der Waals surface area contributed by atoms with Crippen LogP contribution in [0.25, 0.3) is 0 Å². The first-order valence-corrected chi connectivity index (χ1v) is 5.83. The van der Waals surface area contributed by atoms with Gasteiger partial charge in [0.25, 0.3) is 0 Å². The molecule has 0 radical (unpaired) electrons. The Morgan fingerprint density at radius 3 is 2.75 bits per heavy atom. The zero-order valence-corrected chi connectivity index (χ0v) is 10.5. The minimum absolute atomic E-state index is 0.260. The summed E-state index contributed by atoms with van der Waals surface area (Å²) in [6.45, 7) is 2.94. The van der Waals surface area contributed by atoms with Gasteiger partial charge in [-0.2, -0.15) is 0 Å². The summed E-state index contributed by atoms with van der Waals surface area (Å²) in [4.78, 5) is 1.65. The van der Waals surface area contributed by atoms with Gasteiger partial charge in [0.2, 0.25) is 0 Å². The predicted molar refractivity (Wildman–Crippen MR) is 70.3 cm³/mol. The van der Waals surface area contributed by atoms with Crippen LogP contribution in [0.1, 0.15) is 19.8 Å². The average Bonchev–Trinajstić information content (AvgIpc) is 2.29. The van der Waals surface area contributed by atoms with Gasteiger partial charge in [0, 0.05) is 13.6 Å². The molecule has 0 aliphatic carbocycles. The van der Waals surface area contributed by atoms with Crippen molar-refractivity contribution in [3.8, 4) is 0 Å². The molecule has 0 spiro atoms. The Morgan fingerprint density at radius 2 is 2.12 bits per heavy atom. The van der Waals surface area contributed by atoms with E-state index in [4.69, 9.17) is 12.2 Å². The van der Waals surface area contributed by atoms with Gasteiger partial charge in [-0.3, -0.25) is 0 Å². The highest BCUT2D eigenvalue weighted by Gasteiger charge is 2.09. The summed E-state index contributed by atoms with van der Waals surface area (Å²) in [7, 11) is 1.76. The summed E-state index contributed by atoms with van der Waals surface area (Å²) in [5.74, 6) is -0.260. The maximum atomic E-state index is 13.5. The van der Waals surface area contributed by atoms with Crippen LogP contribution >= 0.6 is 12.2 Å². The summed E-state index contributed by atoms with van der Waals surface area (Å²) in [6.07, 6.45) is 2.17. The average molecular weight is 240 g/mol. The third-order valence-corrected chi connectivity index (χ3v) is 2.74. The second-order valence-corrected chi connectivity index (χ2v) is 3.98. The molecule has 16 heavy (non-hydrogen) atoms. The Labute approximate surface area is 101 Å². The second-order valence-electron chi connectivity index (χ2n) is 3.60. The first-order chi connectivity index (χ1) is 7.66. The van der Waals surface area contributed by atoms with E-state index in [9.17, 15) is 4.39 Å². The number of halogens is 1. The van der Waals surface area contributed by atoms with Crippen LogP contribution in [0, 0.1) is 5.82 Å². The first-order valence-electron chi connectivity index (χ1n) is 5.43. The molecular weight excluding hydrogens is 223 g/mol. The van der Waals surface area contributed by atoms with E-state index in [1.807, 2.05) is 0 Å². The summed E-state index contributed by atoms with van der Waals surface area (Å²) >= 11 is 5.18. The third-order valence-electron chi connectivity index (χ3n) is 2.32. The zero-order chi connectivity index (χ0) is 12.0. The van der Waals surface area contributed by atoms with Gasteiger partial charge in [-0.25, -0.2) is 4.39 Å². The fourth-order valence-corrected chi connectivity index (χ4v) is 1.52. The van der Waals surface area contributed by atoms with Crippen LogP contribution in [-0.4, -0.2) is 18.7 Å². The van der Waals surface area contributed by atoms with E-state index >= 15 is 0 Å². The molecule has 0 unspecified atom stereocenters. The molecule has 2 nitrogen and oxygen atoms in total. The maximum absolute atomic E-state index is 13.5. The number of unbranched alkanes of at least 4 members (excludes halogenated alkanes) is 1. The van der Waals surface area contributed by atoms with Crippen molar-refractivity contribution >= 4 is 23.0 Å². The number of benzene rings is 1. The van der Waals surface area contributed by atoms with Crippen molar-refractivity contribution in [1.29, 1.82) is 0 Å². The molecule has 0 saturated carbocycles. The molecule has 0 bridgehead atoms. The zero-order valence-electron chi connectivity index (χ0n) is 9.66. The molecule has 0 saturated heterocycles. The fraction of sp³-hybridized carbons (Fsp3) is 0.417. The third kappa shape index (κ3) is 3.45. The van der Waals surface area contributed by atoms with Crippen molar-refractivity contribution in [1.82, 2.24) is 5.32 Å². The van der Waals surface area contributed by atoms with E-state index in [1.54, 1.807) is 30.1 Å². The maximum Gasteiger partial charge on any atom is 0.173 e. The topological polar surface area (TPSA) is 15.3 Å². The van der Waals surface area contributed by atoms with Crippen molar-refractivity contribution in [3.05, 3.63) is 30.1 Å². The number of rotatable bonds is 4. The molecule has 0 aromatic heterocycles. The molecule has 0 fully saturated rings. The van der Waals surface area contributed by atoms with E-state index < -0.39 is 0 Å². The molecule has 1 N–H and O–H groups in total. The van der Waals surface area contributed by atoms with E-state index in [0.29, 0.717) is 10.8 Å². The molecule has 0 heterocycles. The summed E-state index contributed by atoms with van der Waals surface area (Å²) < 4.78 is 13.5. The van der Waals surface area contributed by atoms with E-state index in [-0.39, 0.29) is 5.82 Å². The lowest BCUT2D eigenvalue weighted by molar-refractivity contribution is 0.627. The van der Waals surface area contributed by atoms with Gasteiger partial charge >= 0.3 is 0 Å².